The first-order valence-electron chi connectivity index (χ1n) is 6.17. The number of halogens is 3. The molecular formula is C12H17F3N2O. The molecule has 1 aliphatic heterocycles. The van der Waals surface area contributed by atoms with Gasteiger partial charge in [-0.1, -0.05) is 6.08 Å². The van der Waals surface area contributed by atoms with Gasteiger partial charge < -0.3 is 10.6 Å². The molecule has 0 aromatic carbocycles. The van der Waals surface area contributed by atoms with E-state index in [9.17, 15) is 18.0 Å². The van der Waals surface area contributed by atoms with E-state index in [1.165, 1.54) is 4.90 Å². The topological polar surface area (TPSA) is 46.3 Å². The highest BCUT2D eigenvalue weighted by molar-refractivity contribution is 5.77. The molecule has 1 saturated carbocycles. The second-order valence-corrected chi connectivity index (χ2v) is 5.02. The van der Waals surface area contributed by atoms with Crippen LogP contribution in [0.15, 0.2) is 11.6 Å². The average Bonchev–Trinajstić information content (AvgIpc) is 3.11. The van der Waals surface area contributed by atoms with Gasteiger partial charge >= 0.3 is 6.18 Å². The zero-order valence-corrected chi connectivity index (χ0v) is 10.0. The fourth-order valence-electron chi connectivity index (χ4n) is 2.17. The Kier molecular flexibility index (Phi) is 3.66. The summed E-state index contributed by atoms with van der Waals surface area (Å²) in [6, 6.07) is -0.134. The van der Waals surface area contributed by atoms with Crippen molar-refractivity contribution in [2.24, 2.45) is 11.7 Å². The van der Waals surface area contributed by atoms with E-state index < -0.39 is 11.7 Å². The third-order valence-electron chi connectivity index (χ3n) is 3.56. The molecule has 0 saturated heterocycles. The van der Waals surface area contributed by atoms with Gasteiger partial charge in [0, 0.05) is 31.1 Å². The van der Waals surface area contributed by atoms with Crippen molar-refractivity contribution < 1.29 is 18.0 Å². The highest BCUT2D eigenvalue weighted by Gasteiger charge is 2.36. The van der Waals surface area contributed by atoms with Crippen molar-refractivity contribution in [2.75, 3.05) is 13.1 Å². The number of hydrogen-bond donors (Lipinski definition) is 1. The quantitative estimate of drug-likeness (QED) is 0.789. The van der Waals surface area contributed by atoms with E-state index >= 15 is 0 Å². The molecular weight excluding hydrogens is 245 g/mol. The first kappa shape index (κ1) is 13.4. The summed E-state index contributed by atoms with van der Waals surface area (Å²) >= 11 is 0. The molecule has 18 heavy (non-hydrogen) atoms. The average molecular weight is 262 g/mol. The lowest BCUT2D eigenvalue weighted by molar-refractivity contribution is -0.132. The smallest absolute Gasteiger partial charge is 0.339 e. The largest absolute Gasteiger partial charge is 0.412 e. The van der Waals surface area contributed by atoms with Gasteiger partial charge in [0.05, 0.1) is 0 Å². The summed E-state index contributed by atoms with van der Waals surface area (Å²) in [5, 5.41) is 0. The SMILES string of the molecule is NC(CC(=O)N1CC=C(C(F)(F)F)CC1)C1CC1. The van der Waals surface area contributed by atoms with E-state index in [1.54, 1.807) is 0 Å². The summed E-state index contributed by atoms with van der Waals surface area (Å²) in [4.78, 5) is 13.3. The molecule has 1 aliphatic carbocycles. The minimum absolute atomic E-state index is 0.0467. The molecule has 1 unspecified atom stereocenters. The van der Waals surface area contributed by atoms with Crippen molar-refractivity contribution in [3.63, 3.8) is 0 Å². The summed E-state index contributed by atoms with van der Waals surface area (Å²) in [6.07, 6.45) is -0.906. The third kappa shape index (κ3) is 3.25. The Labute approximate surface area is 104 Å². The Hall–Kier alpha value is -1.04. The normalized spacial score (nSPS) is 22.7. The molecule has 1 atom stereocenters. The fourth-order valence-corrected chi connectivity index (χ4v) is 2.17. The van der Waals surface area contributed by atoms with Crippen LogP contribution in [0.5, 0.6) is 0 Å². The summed E-state index contributed by atoms with van der Waals surface area (Å²) in [6.45, 7) is 0.187. The van der Waals surface area contributed by atoms with Crippen molar-refractivity contribution in [1.82, 2.24) is 4.90 Å². The molecule has 3 nitrogen and oxygen atoms in total. The van der Waals surface area contributed by atoms with E-state index in [0.717, 1.165) is 18.9 Å². The second-order valence-electron chi connectivity index (χ2n) is 5.02. The van der Waals surface area contributed by atoms with Crippen LogP contribution in [0.3, 0.4) is 0 Å². The first-order valence-corrected chi connectivity index (χ1v) is 6.17. The van der Waals surface area contributed by atoms with E-state index in [2.05, 4.69) is 0 Å². The van der Waals surface area contributed by atoms with Crippen LogP contribution in [0, 0.1) is 5.92 Å². The zero-order chi connectivity index (χ0) is 13.3. The first-order chi connectivity index (χ1) is 8.38. The Morgan fingerprint density at radius 3 is 2.61 bits per heavy atom. The summed E-state index contributed by atoms with van der Waals surface area (Å²) in [5.41, 5.74) is 5.31. The summed E-state index contributed by atoms with van der Waals surface area (Å²) < 4.78 is 37.2. The highest BCUT2D eigenvalue weighted by Crippen LogP contribution is 2.33. The lowest BCUT2D eigenvalue weighted by atomic mass is 10.1. The van der Waals surface area contributed by atoms with Crippen molar-refractivity contribution >= 4 is 5.91 Å². The molecule has 102 valence electrons. The number of rotatable bonds is 3. The highest BCUT2D eigenvalue weighted by atomic mass is 19.4. The van der Waals surface area contributed by atoms with Crippen LogP contribution < -0.4 is 5.73 Å². The number of alkyl halides is 3. The van der Waals surface area contributed by atoms with Crippen molar-refractivity contribution in [3.05, 3.63) is 11.6 Å². The molecule has 2 aliphatic rings. The fraction of sp³-hybridized carbons (Fsp3) is 0.750. The third-order valence-corrected chi connectivity index (χ3v) is 3.56. The molecule has 1 fully saturated rings. The second kappa shape index (κ2) is 4.91. The minimum atomic E-state index is -4.26. The summed E-state index contributed by atoms with van der Waals surface area (Å²) in [5.74, 6) is 0.298. The van der Waals surface area contributed by atoms with Gasteiger partial charge in [-0.3, -0.25) is 4.79 Å². The van der Waals surface area contributed by atoms with E-state index in [1.807, 2.05) is 0 Å². The van der Waals surface area contributed by atoms with Crippen molar-refractivity contribution in [2.45, 2.75) is 37.9 Å². The van der Waals surface area contributed by atoms with Gasteiger partial charge in [-0.2, -0.15) is 13.2 Å². The van der Waals surface area contributed by atoms with Crippen molar-refractivity contribution in [3.8, 4) is 0 Å². The molecule has 6 heteroatoms. The molecule has 0 aromatic rings. The number of nitrogens with two attached hydrogens (primary N) is 1. The zero-order valence-electron chi connectivity index (χ0n) is 10.0. The van der Waals surface area contributed by atoms with Crippen molar-refractivity contribution in [1.29, 1.82) is 0 Å². The van der Waals surface area contributed by atoms with Gasteiger partial charge in [0.2, 0.25) is 5.91 Å². The monoisotopic (exact) mass is 262 g/mol. The van der Waals surface area contributed by atoms with Gasteiger partial charge in [-0.15, -0.1) is 0 Å². The van der Waals surface area contributed by atoms with Crippen LogP contribution in [0.25, 0.3) is 0 Å². The van der Waals surface area contributed by atoms with Crippen LogP contribution in [0.1, 0.15) is 25.7 Å². The Balaban J connectivity index is 1.85. The van der Waals surface area contributed by atoms with Crippen LogP contribution in [0.2, 0.25) is 0 Å². The van der Waals surface area contributed by atoms with Gasteiger partial charge in [0.25, 0.3) is 0 Å². The van der Waals surface area contributed by atoms with Gasteiger partial charge in [0.15, 0.2) is 0 Å². The van der Waals surface area contributed by atoms with Crippen LogP contribution in [-0.2, 0) is 4.79 Å². The van der Waals surface area contributed by atoms with E-state index in [0.29, 0.717) is 5.92 Å². The minimum Gasteiger partial charge on any atom is -0.339 e. The molecule has 2 N–H and O–H groups in total. The number of carbonyl (C=O) groups excluding carboxylic acids is 1. The molecule has 0 radical (unpaired) electrons. The summed E-state index contributed by atoms with van der Waals surface area (Å²) in [7, 11) is 0. The van der Waals surface area contributed by atoms with Gasteiger partial charge in [-0.25, -0.2) is 0 Å². The Bertz CT molecular complexity index is 361. The molecule has 0 spiro atoms. The predicted molar refractivity (Wildman–Crippen MR) is 60.7 cm³/mol. The number of amides is 1. The van der Waals surface area contributed by atoms with Crippen LogP contribution in [-0.4, -0.2) is 36.1 Å². The number of carbonyl (C=O) groups is 1. The van der Waals surface area contributed by atoms with Gasteiger partial charge in [0.1, 0.15) is 0 Å². The number of hydrogen-bond acceptors (Lipinski definition) is 2. The maximum Gasteiger partial charge on any atom is 0.412 e. The Morgan fingerprint density at radius 2 is 2.17 bits per heavy atom. The van der Waals surface area contributed by atoms with Crippen LogP contribution in [0.4, 0.5) is 13.2 Å². The molecule has 0 aromatic heterocycles. The van der Waals surface area contributed by atoms with E-state index in [4.69, 9.17) is 5.73 Å². The molecule has 1 heterocycles. The molecule has 0 bridgehead atoms. The number of nitrogens with zero attached hydrogens (tertiary/aromatic N) is 1. The maximum atomic E-state index is 12.4. The lowest BCUT2D eigenvalue weighted by Gasteiger charge is -2.28. The molecule has 1 amide bonds. The van der Waals surface area contributed by atoms with Crippen LogP contribution >= 0.6 is 0 Å². The maximum absolute atomic E-state index is 12.4. The lowest BCUT2D eigenvalue weighted by Crippen LogP contribution is -2.40. The van der Waals surface area contributed by atoms with E-state index in [-0.39, 0.29) is 37.9 Å². The predicted octanol–water partition coefficient (Wildman–Crippen LogP) is 1.83. The standard InChI is InChI=1S/C12H17F3N2O/c13-12(14,15)9-3-5-17(6-4-9)11(18)7-10(16)8-1-2-8/h3,8,10H,1-2,4-7,16H2. The molecule has 2 rings (SSSR count). The Morgan fingerprint density at radius 1 is 1.50 bits per heavy atom. The van der Waals surface area contributed by atoms with Gasteiger partial charge in [-0.05, 0) is 25.2 Å².